The summed E-state index contributed by atoms with van der Waals surface area (Å²) in [5.74, 6) is 0. The molecule has 1 atom stereocenters. The van der Waals surface area contributed by atoms with Crippen molar-refractivity contribution >= 4 is 12.2 Å². The Morgan fingerprint density at radius 2 is 1.72 bits per heavy atom. The number of morpholine rings is 1. The van der Waals surface area contributed by atoms with Crippen molar-refractivity contribution in [3.05, 3.63) is 18.0 Å². The van der Waals surface area contributed by atoms with Gasteiger partial charge in [-0.2, -0.15) is 9.78 Å². The van der Waals surface area contributed by atoms with E-state index in [1.807, 2.05) is 20.8 Å². The normalized spacial score (nSPS) is 18.8. The highest BCUT2D eigenvalue weighted by molar-refractivity contribution is 5.70. The summed E-state index contributed by atoms with van der Waals surface area (Å²) in [4.78, 5) is 25.9. The van der Waals surface area contributed by atoms with Crippen LogP contribution in [0.3, 0.4) is 0 Å². The van der Waals surface area contributed by atoms with Crippen LogP contribution in [0.5, 0.6) is 0 Å². The van der Waals surface area contributed by atoms with Crippen LogP contribution in [0.2, 0.25) is 0 Å². The Morgan fingerprint density at radius 1 is 1.12 bits per heavy atom. The highest BCUT2D eigenvalue weighted by Gasteiger charge is 2.30. The zero-order chi connectivity index (χ0) is 18.8. The number of hydrogen-bond donors (Lipinski definition) is 0. The molecule has 140 valence electrons. The van der Waals surface area contributed by atoms with Crippen LogP contribution in [0.25, 0.3) is 0 Å². The van der Waals surface area contributed by atoms with Gasteiger partial charge in [-0.3, -0.25) is 0 Å². The van der Waals surface area contributed by atoms with Crippen LogP contribution >= 0.6 is 0 Å². The smallest absolute Gasteiger partial charge is 0.435 e. The molecule has 0 N–H and O–H groups in total. The average Bonchev–Trinajstić information content (AvgIpc) is 2.94. The molecule has 0 aliphatic carbocycles. The highest BCUT2D eigenvalue weighted by atomic mass is 16.6. The summed E-state index contributed by atoms with van der Waals surface area (Å²) in [5.41, 5.74) is -0.441. The van der Waals surface area contributed by atoms with Gasteiger partial charge < -0.3 is 19.1 Å². The van der Waals surface area contributed by atoms with E-state index < -0.39 is 17.3 Å². The number of aromatic nitrogens is 2. The number of amides is 1. The Hall–Kier alpha value is -2.09. The van der Waals surface area contributed by atoms with Crippen LogP contribution < -0.4 is 0 Å². The fraction of sp³-hybridized carbons (Fsp3) is 0.706. The van der Waals surface area contributed by atoms with E-state index >= 15 is 0 Å². The second-order valence-corrected chi connectivity index (χ2v) is 7.98. The lowest BCUT2D eigenvalue weighted by molar-refractivity contribution is -0.0433. The van der Waals surface area contributed by atoms with Crippen LogP contribution in [0.1, 0.15) is 53.2 Å². The fourth-order valence-electron chi connectivity index (χ4n) is 2.25. The van der Waals surface area contributed by atoms with Gasteiger partial charge in [0, 0.05) is 18.3 Å². The van der Waals surface area contributed by atoms with Crippen molar-refractivity contribution in [1.82, 2.24) is 14.7 Å². The molecule has 1 aliphatic rings. The van der Waals surface area contributed by atoms with Crippen molar-refractivity contribution in [2.75, 3.05) is 19.7 Å². The molecule has 2 rings (SSSR count). The molecule has 8 nitrogen and oxygen atoms in total. The molecule has 2 heterocycles. The summed E-state index contributed by atoms with van der Waals surface area (Å²) in [5, 5.41) is 4.03. The van der Waals surface area contributed by atoms with Crippen molar-refractivity contribution in [2.24, 2.45) is 0 Å². The van der Waals surface area contributed by atoms with Crippen molar-refractivity contribution in [3.63, 3.8) is 0 Å². The van der Waals surface area contributed by atoms with Gasteiger partial charge in [0.2, 0.25) is 0 Å². The average molecular weight is 353 g/mol. The lowest BCUT2D eigenvalue weighted by Gasteiger charge is -2.33. The van der Waals surface area contributed by atoms with Gasteiger partial charge in [0.25, 0.3) is 0 Å². The quantitative estimate of drug-likeness (QED) is 0.772. The molecule has 0 unspecified atom stereocenters. The van der Waals surface area contributed by atoms with E-state index in [1.165, 1.54) is 0 Å². The maximum atomic E-state index is 12.2. The molecule has 0 spiro atoms. The minimum Gasteiger partial charge on any atom is -0.444 e. The molecule has 1 aromatic heterocycles. The molecule has 0 radical (unpaired) electrons. The molecule has 1 fully saturated rings. The maximum absolute atomic E-state index is 12.2. The largest absolute Gasteiger partial charge is 0.444 e. The summed E-state index contributed by atoms with van der Waals surface area (Å²) in [6.45, 7) is 12.0. The van der Waals surface area contributed by atoms with Gasteiger partial charge in [-0.05, 0) is 41.5 Å². The minimum atomic E-state index is -0.599. The van der Waals surface area contributed by atoms with E-state index in [0.29, 0.717) is 25.3 Å². The predicted octanol–water partition coefficient (Wildman–Crippen LogP) is 2.97. The molecule has 0 aromatic carbocycles. The highest BCUT2D eigenvalue weighted by Crippen LogP contribution is 2.23. The molecular formula is C17H27N3O5. The summed E-state index contributed by atoms with van der Waals surface area (Å²) < 4.78 is 17.5. The van der Waals surface area contributed by atoms with Crippen LogP contribution in [-0.4, -0.2) is 57.8 Å². The lowest BCUT2D eigenvalue weighted by Crippen LogP contribution is -2.44. The lowest BCUT2D eigenvalue weighted by atomic mass is 10.1. The zero-order valence-corrected chi connectivity index (χ0v) is 15.7. The zero-order valence-electron chi connectivity index (χ0n) is 15.7. The predicted molar refractivity (Wildman–Crippen MR) is 90.4 cm³/mol. The van der Waals surface area contributed by atoms with Crippen LogP contribution in [0, 0.1) is 0 Å². The fourth-order valence-corrected chi connectivity index (χ4v) is 2.25. The van der Waals surface area contributed by atoms with Gasteiger partial charge in [-0.15, -0.1) is 0 Å². The Balaban J connectivity index is 2.02. The first-order valence-corrected chi connectivity index (χ1v) is 8.32. The van der Waals surface area contributed by atoms with Gasteiger partial charge in [0.15, 0.2) is 0 Å². The summed E-state index contributed by atoms with van der Waals surface area (Å²) >= 11 is 0. The monoisotopic (exact) mass is 353 g/mol. The van der Waals surface area contributed by atoms with Crippen LogP contribution in [-0.2, 0) is 14.2 Å². The van der Waals surface area contributed by atoms with E-state index in [1.54, 1.807) is 38.1 Å². The van der Waals surface area contributed by atoms with Gasteiger partial charge >= 0.3 is 12.2 Å². The number of nitrogens with zero attached hydrogens (tertiary/aromatic N) is 3. The van der Waals surface area contributed by atoms with Crippen molar-refractivity contribution in [3.8, 4) is 0 Å². The number of ether oxygens (including phenoxy) is 3. The van der Waals surface area contributed by atoms with E-state index in [4.69, 9.17) is 14.2 Å². The molecular weight excluding hydrogens is 326 g/mol. The van der Waals surface area contributed by atoms with E-state index in [0.717, 1.165) is 4.68 Å². The minimum absolute atomic E-state index is 0.342. The van der Waals surface area contributed by atoms with Gasteiger partial charge in [-0.1, -0.05) is 0 Å². The third kappa shape index (κ3) is 5.74. The van der Waals surface area contributed by atoms with E-state index in [-0.39, 0.29) is 12.2 Å². The van der Waals surface area contributed by atoms with Gasteiger partial charge in [0.05, 0.1) is 19.3 Å². The summed E-state index contributed by atoms with van der Waals surface area (Å²) in [6.07, 6.45) is 1.82. The van der Waals surface area contributed by atoms with Gasteiger partial charge in [-0.25, -0.2) is 9.59 Å². The molecule has 8 heteroatoms. The Kier molecular flexibility index (Phi) is 5.41. The maximum Gasteiger partial charge on any atom is 0.435 e. The first-order chi connectivity index (χ1) is 11.4. The molecule has 25 heavy (non-hydrogen) atoms. The third-order valence-electron chi connectivity index (χ3n) is 3.27. The second-order valence-electron chi connectivity index (χ2n) is 7.98. The second kappa shape index (κ2) is 7.03. The SMILES string of the molecule is CC(C)(C)OC(=O)N1CCO[C@@H](c2cnn(C(=O)OC(C)(C)C)c2)C1. The van der Waals surface area contributed by atoms with Crippen molar-refractivity contribution in [2.45, 2.75) is 58.8 Å². The number of carbonyl (C=O) groups excluding carboxylic acids is 2. The number of hydrogen-bond acceptors (Lipinski definition) is 6. The standard InChI is InChI=1S/C17H27N3O5/c1-16(2,3)24-14(21)19-7-8-23-13(11-19)12-9-18-20(10-12)15(22)25-17(4,5)6/h9-10,13H,7-8,11H2,1-6H3/t13-/m1/s1. The molecule has 1 aromatic rings. The van der Waals surface area contributed by atoms with Gasteiger partial charge in [0.1, 0.15) is 17.3 Å². The number of rotatable bonds is 1. The van der Waals surface area contributed by atoms with Crippen LogP contribution in [0.4, 0.5) is 9.59 Å². The molecule has 0 bridgehead atoms. The Labute approximate surface area is 148 Å². The topological polar surface area (TPSA) is 82.9 Å². The molecule has 1 saturated heterocycles. The molecule has 0 saturated carbocycles. The summed E-state index contributed by atoms with van der Waals surface area (Å²) in [6, 6.07) is 0. The first-order valence-electron chi connectivity index (χ1n) is 8.32. The van der Waals surface area contributed by atoms with Crippen molar-refractivity contribution in [1.29, 1.82) is 0 Å². The summed E-state index contributed by atoms with van der Waals surface area (Å²) in [7, 11) is 0. The van der Waals surface area contributed by atoms with Crippen molar-refractivity contribution < 1.29 is 23.8 Å². The Bertz CT molecular complexity index is 627. The van der Waals surface area contributed by atoms with E-state index in [2.05, 4.69) is 5.10 Å². The molecule has 1 amide bonds. The first kappa shape index (κ1) is 19.2. The molecule has 1 aliphatic heterocycles. The van der Waals surface area contributed by atoms with Crippen LogP contribution in [0.15, 0.2) is 12.4 Å². The van der Waals surface area contributed by atoms with E-state index in [9.17, 15) is 9.59 Å². The number of carbonyl (C=O) groups is 2. The third-order valence-corrected chi connectivity index (χ3v) is 3.27. The Morgan fingerprint density at radius 3 is 2.32 bits per heavy atom.